The van der Waals surface area contributed by atoms with E-state index < -0.39 is 0 Å². The molecule has 0 radical (unpaired) electrons. The van der Waals surface area contributed by atoms with Crippen molar-refractivity contribution in [1.29, 1.82) is 0 Å². The van der Waals surface area contributed by atoms with E-state index in [1.54, 1.807) is 0 Å². The molecule has 2 N–H and O–H groups in total. The van der Waals surface area contributed by atoms with Crippen LogP contribution in [0.4, 0.5) is 17.6 Å². The van der Waals surface area contributed by atoms with Crippen LogP contribution in [0, 0.1) is 11.8 Å². The lowest BCUT2D eigenvalue weighted by Crippen LogP contribution is -2.41. The van der Waals surface area contributed by atoms with Gasteiger partial charge in [-0.1, -0.05) is 50.4 Å². The van der Waals surface area contributed by atoms with Crippen molar-refractivity contribution in [3.05, 3.63) is 40.9 Å². The molecule has 0 amide bonds. The number of piperidine rings is 1. The number of aromatic nitrogens is 2. The zero-order valence-electron chi connectivity index (χ0n) is 21.6. The third kappa shape index (κ3) is 5.88. The van der Waals surface area contributed by atoms with Crippen molar-refractivity contribution >= 4 is 46.5 Å². The second-order valence-electron chi connectivity index (χ2n) is 11.3. The highest BCUT2D eigenvalue weighted by atomic mass is 35.5. The first-order valence-electron chi connectivity index (χ1n) is 13.6. The van der Waals surface area contributed by atoms with Gasteiger partial charge in [-0.2, -0.15) is 9.97 Å². The van der Waals surface area contributed by atoms with Gasteiger partial charge < -0.3 is 20.4 Å². The Bertz CT molecular complexity index is 1040. The fraction of sp³-hybridized carbons (Fsp3) is 0.607. The average Bonchev–Trinajstić information content (AvgIpc) is 3.56. The third-order valence-electron chi connectivity index (χ3n) is 8.15. The molecule has 194 valence electrons. The number of benzene rings is 1. The van der Waals surface area contributed by atoms with Gasteiger partial charge >= 0.3 is 0 Å². The van der Waals surface area contributed by atoms with Crippen LogP contribution in [0.1, 0.15) is 64.4 Å². The Morgan fingerprint density at radius 3 is 2.22 bits per heavy atom. The second-order valence-corrected chi connectivity index (χ2v) is 12.1. The van der Waals surface area contributed by atoms with E-state index in [2.05, 4.69) is 52.5 Å². The van der Waals surface area contributed by atoms with E-state index in [4.69, 9.17) is 33.8 Å². The van der Waals surface area contributed by atoms with Crippen molar-refractivity contribution in [3.8, 4) is 0 Å². The van der Waals surface area contributed by atoms with Gasteiger partial charge in [-0.15, -0.1) is 0 Å². The molecule has 6 nitrogen and oxygen atoms in total. The maximum atomic E-state index is 6.16. The number of anilines is 3. The first-order valence-corrected chi connectivity index (χ1v) is 14.4. The normalized spacial score (nSPS) is 23.6. The highest BCUT2D eigenvalue weighted by Crippen LogP contribution is 2.41. The molecule has 0 spiro atoms. The monoisotopic (exact) mass is 526 g/mol. The Labute approximate surface area is 226 Å². The summed E-state index contributed by atoms with van der Waals surface area (Å²) in [6.07, 6.45) is 8.48. The molecule has 5 rings (SSSR count). The summed E-state index contributed by atoms with van der Waals surface area (Å²) in [6.45, 7) is 9.63. The molecule has 1 aromatic heterocycles. The molecule has 3 fully saturated rings. The standard InChI is InChI=1S/C28H39ClN6S/c1-20-15-21(2)18-35(17-20)25-16-24(34-13-5-6-14-34)31-26(32-25)33-27(36)30-19-28(11-3-4-12-28)22-7-9-23(29)10-8-22/h7-10,16,20-21H,3-6,11-15,17-19H2,1-2H3,(H2,30,31,32,33,36)/t20-,21+. The summed E-state index contributed by atoms with van der Waals surface area (Å²) in [6, 6.07) is 10.5. The number of halogens is 1. The summed E-state index contributed by atoms with van der Waals surface area (Å²) in [7, 11) is 0. The van der Waals surface area contributed by atoms with Gasteiger partial charge in [-0.3, -0.25) is 0 Å². The zero-order chi connectivity index (χ0) is 25.1. The van der Waals surface area contributed by atoms with Gasteiger partial charge in [0.2, 0.25) is 5.95 Å². The van der Waals surface area contributed by atoms with Crippen molar-refractivity contribution in [2.24, 2.45) is 11.8 Å². The van der Waals surface area contributed by atoms with Crippen LogP contribution < -0.4 is 20.4 Å². The number of nitrogens with one attached hydrogen (secondary N) is 2. The van der Waals surface area contributed by atoms with Gasteiger partial charge in [0.1, 0.15) is 11.6 Å². The summed E-state index contributed by atoms with van der Waals surface area (Å²) < 4.78 is 0. The third-order valence-corrected chi connectivity index (χ3v) is 8.65. The van der Waals surface area contributed by atoms with Crippen LogP contribution in [-0.2, 0) is 5.41 Å². The van der Waals surface area contributed by atoms with E-state index in [-0.39, 0.29) is 5.41 Å². The molecule has 2 saturated heterocycles. The molecule has 36 heavy (non-hydrogen) atoms. The van der Waals surface area contributed by atoms with Gasteiger partial charge in [0, 0.05) is 49.2 Å². The predicted octanol–water partition coefficient (Wildman–Crippen LogP) is 6.01. The topological polar surface area (TPSA) is 56.3 Å². The Kier molecular flexibility index (Phi) is 7.87. The van der Waals surface area contributed by atoms with Crippen LogP contribution in [-0.4, -0.2) is 47.8 Å². The Morgan fingerprint density at radius 1 is 0.972 bits per heavy atom. The number of hydrogen-bond acceptors (Lipinski definition) is 5. The van der Waals surface area contributed by atoms with E-state index >= 15 is 0 Å². The highest BCUT2D eigenvalue weighted by molar-refractivity contribution is 7.80. The van der Waals surface area contributed by atoms with Crippen molar-refractivity contribution in [2.75, 3.05) is 47.8 Å². The predicted molar refractivity (Wildman–Crippen MR) is 154 cm³/mol. The number of rotatable bonds is 6. The molecular weight excluding hydrogens is 488 g/mol. The largest absolute Gasteiger partial charge is 0.361 e. The molecule has 3 heterocycles. The Balaban J connectivity index is 1.32. The highest BCUT2D eigenvalue weighted by Gasteiger charge is 2.35. The minimum Gasteiger partial charge on any atom is -0.361 e. The molecule has 2 aliphatic heterocycles. The molecule has 1 saturated carbocycles. The smallest absolute Gasteiger partial charge is 0.232 e. The fourth-order valence-corrected chi connectivity index (χ4v) is 6.71. The van der Waals surface area contributed by atoms with Crippen LogP contribution in [0.2, 0.25) is 5.02 Å². The molecule has 8 heteroatoms. The van der Waals surface area contributed by atoms with Crippen LogP contribution in [0.25, 0.3) is 0 Å². The summed E-state index contributed by atoms with van der Waals surface area (Å²) >= 11 is 11.9. The molecule has 1 aromatic carbocycles. The van der Waals surface area contributed by atoms with E-state index in [9.17, 15) is 0 Å². The molecule has 0 bridgehead atoms. The number of hydrogen-bond donors (Lipinski definition) is 2. The summed E-state index contributed by atoms with van der Waals surface area (Å²) in [4.78, 5) is 14.6. The minimum atomic E-state index is 0.0832. The first-order chi connectivity index (χ1) is 17.4. The van der Waals surface area contributed by atoms with E-state index in [0.717, 1.165) is 62.2 Å². The maximum absolute atomic E-state index is 6.16. The summed E-state index contributed by atoms with van der Waals surface area (Å²) in [5, 5.41) is 8.20. The van der Waals surface area contributed by atoms with Crippen molar-refractivity contribution in [2.45, 2.75) is 64.2 Å². The summed E-state index contributed by atoms with van der Waals surface area (Å²) in [5.74, 6) is 3.91. The van der Waals surface area contributed by atoms with Crippen LogP contribution in [0.3, 0.4) is 0 Å². The second kappa shape index (κ2) is 11.1. The van der Waals surface area contributed by atoms with Crippen molar-refractivity contribution in [3.63, 3.8) is 0 Å². The lowest BCUT2D eigenvalue weighted by Gasteiger charge is -2.36. The lowest BCUT2D eigenvalue weighted by molar-refractivity contribution is 0.355. The van der Waals surface area contributed by atoms with Gasteiger partial charge in [0.25, 0.3) is 0 Å². The summed E-state index contributed by atoms with van der Waals surface area (Å²) in [5.41, 5.74) is 1.42. The van der Waals surface area contributed by atoms with Gasteiger partial charge in [-0.25, -0.2) is 0 Å². The van der Waals surface area contributed by atoms with Crippen LogP contribution in [0.5, 0.6) is 0 Å². The number of thiocarbonyl (C=S) groups is 1. The molecular formula is C28H39ClN6S. The average molecular weight is 527 g/mol. The minimum absolute atomic E-state index is 0.0832. The van der Waals surface area contributed by atoms with E-state index in [1.807, 2.05) is 12.1 Å². The van der Waals surface area contributed by atoms with Gasteiger partial charge in [0.15, 0.2) is 5.11 Å². The van der Waals surface area contributed by atoms with Crippen LogP contribution in [0.15, 0.2) is 30.3 Å². The van der Waals surface area contributed by atoms with E-state index in [0.29, 0.717) is 22.9 Å². The van der Waals surface area contributed by atoms with Crippen LogP contribution >= 0.6 is 23.8 Å². The SMILES string of the molecule is C[C@@H]1C[C@H](C)CN(c2cc(N3CCCC3)nc(NC(=S)NCC3(c4ccc(Cl)cc4)CCCC3)n2)C1. The maximum Gasteiger partial charge on any atom is 0.232 e. The van der Waals surface area contributed by atoms with Gasteiger partial charge in [0.05, 0.1) is 0 Å². The lowest BCUT2D eigenvalue weighted by atomic mass is 9.79. The quantitative estimate of drug-likeness (QED) is 0.447. The molecule has 0 unspecified atom stereocenters. The zero-order valence-corrected chi connectivity index (χ0v) is 23.2. The van der Waals surface area contributed by atoms with Crippen molar-refractivity contribution < 1.29 is 0 Å². The fourth-order valence-electron chi connectivity index (χ4n) is 6.42. The molecule has 1 aliphatic carbocycles. The number of nitrogens with zero attached hydrogens (tertiary/aromatic N) is 4. The van der Waals surface area contributed by atoms with E-state index in [1.165, 1.54) is 37.7 Å². The first kappa shape index (κ1) is 25.5. The molecule has 2 aromatic rings. The van der Waals surface area contributed by atoms with Gasteiger partial charge in [-0.05, 0) is 73.9 Å². The molecule has 2 atom stereocenters. The Hall–Kier alpha value is -2.12. The Morgan fingerprint density at radius 2 is 1.58 bits per heavy atom. The molecule has 3 aliphatic rings. The van der Waals surface area contributed by atoms with Crippen molar-refractivity contribution in [1.82, 2.24) is 15.3 Å².